The molecule has 2 N–H and O–H groups in total. The van der Waals surface area contributed by atoms with Crippen molar-refractivity contribution in [2.75, 3.05) is 23.8 Å². The van der Waals surface area contributed by atoms with Gasteiger partial charge in [-0.1, -0.05) is 6.07 Å². The molecule has 0 spiro atoms. The second-order valence-corrected chi connectivity index (χ2v) is 6.59. The first-order valence-corrected chi connectivity index (χ1v) is 8.85. The molecule has 0 heterocycles. The van der Waals surface area contributed by atoms with E-state index in [0.717, 1.165) is 30.3 Å². The number of para-hydroxylation sites is 1. The molecule has 0 saturated heterocycles. The van der Waals surface area contributed by atoms with E-state index in [9.17, 15) is 22.0 Å². The Morgan fingerprint density at radius 1 is 1.15 bits per heavy atom. The van der Waals surface area contributed by atoms with Crippen LogP contribution in [0.3, 0.4) is 0 Å². The fourth-order valence-electron chi connectivity index (χ4n) is 2.02. The highest BCUT2D eigenvalue weighted by Crippen LogP contribution is 2.29. The highest BCUT2D eigenvalue weighted by atomic mass is 32.2. The molecule has 2 aromatic rings. The van der Waals surface area contributed by atoms with E-state index in [0.29, 0.717) is 0 Å². The fraction of sp³-hybridized carbons (Fsp3) is 0.188. The minimum atomic E-state index is -4.33. The zero-order valence-corrected chi connectivity index (χ0v) is 14.7. The smallest absolute Gasteiger partial charge is 0.411 e. The summed E-state index contributed by atoms with van der Waals surface area (Å²) in [6.07, 6.45) is -0.812. The van der Waals surface area contributed by atoms with Gasteiger partial charge in [-0.2, -0.15) is 0 Å². The maximum absolute atomic E-state index is 13.7. The van der Waals surface area contributed by atoms with E-state index in [1.807, 2.05) is 4.72 Å². The van der Waals surface area contributed by atoms with Crippen molar-refractivity contribution in [1.29, 1.82) is 0 Å². The molecule has 0 aliphatic carbocycles. The van der Waals surface area contributed by atoms with E-state index in [1.54, 1.807) is 6.92 Å². The Bertz CT molecular complexity index is 899. The fourth-order valence-corrected chi connectivity index (χ4v) is 3.12. The van der Waals surface area contributed by atoms with Crippen molar-refractivity contribution in [3.8, 4) is 5.75 Å². The standard InChI is InChI=1S/C16H16F2N2O5S/c1-3-25-16(21)19-13-9-10(7-8-14(13)24-2)26(22,23)20-15-11(17)5-4-6-12(15)18/h4-9,20H,3H2,1-2H3,(H,19,21). The number of anilines is 2. The van der Waals surface area contributed by atoms with Gasteiger partial charge < -0.3 is 9.47 Å². The van der Waals surface area contributed by atoms with Crippen LogP contribution < -0.4 is 14.8 Å². The maximum Gasteiger partial charge on any atom is 0.411 e. The third-order valence-corrected chi connectivity index (χ3v) is 4.54. The average molecular weight is 386 g/mol. The van der Waals surface area contributed by atoms with Crippen molar-refractivity contribution >= 4 is 27.5 Å². The molecule has 10 heteroatoms. The first kappa shape index (κ1) is 19.4. The average Bonchev–Trinajstić information content (AvgIpc) is 2.58. The van der Waals surface area contributed by atoms with Crippen LogP contribution in [0.2, 0.25) is 0 Å². The summed E-state index contributed by atoms with van der Waals surface area (Å²) in [4.78, 5) is 11.2. The highest BCUT2D eigenvalue weighted by Gasteiger charge is 2.21. The van der Waals surface area contributed by atoms with Gasteiger partial charge in [0.15, 0.2) is 0 Å². The second-order valence-electron chi connectivity index (χ2n) is 4.91. The first-order chi connectivity index (χ1) is 12.3. The van der Waals surface area contributed by atoms with Crippen LogP contribution in [0.25, 0.3) is 0 Å². The lowest BCUT2D eigenvalue weighted by Gasteiger charge is -2.13. The van der Waals surface area contributed by atoms with Crippen LogP contribution in [0.15, 0.2) is 41.3 Å². The zero-order chi connectivity index (χ0) is 19.3. The summed E-state index contributed by atoms with van der Waals surface area (Å²) >= 11 is 0. The Labute approximate surface area is 149 Å². The van der Waals surface area contributed by atoms with Gasteiger partial charge in [0, 0.05) is 0 Å². The lowest BCUT2D eigenvalue weighted by Crippen LogP contribution is -2.17. The molecule has 0 aliphatic rings. The van der Waals surface area contributed by atoms with E-state index >= 15 is 0 Å². The second kappa shape index (κ2) is 8.00. The first-order valence-electron chi connectivity index (χ1n) is 7.37. The molecule has 0 bridgehead atoms. The number of rotatable bonds is 6. The molecule has 26 heavy (non-hydrogen) atoms. The molecule has 0 atom stereocenters. The van der Waals surface area contributed by atoms with Crippen molar-refractivity contribution in [3.63, 3.8) is 0 Å². The van der Waals surface area contributed by atoms with E-state index < -0.39 is 33.4 Å². The van der Waals surface area contributed by atoms with Crippen molar-refractivity contribution in [1.82, 2.24) is 0 Å². The SMILES string of the molecule is CCOC(=O)Nc1cc(S(=O)(=O)Nc2c(F)cccc2F)ccc1OC. The van der Waals surface area contributed by atoms with Gasteiger partial charge in [0.25, 0.3) is 10.0 Å². The number of carbonyl (C=O) groups is 1. The van der Waals surface area contributed by atoms with Gasteiger partial charge in [-0.05, 0) is 37.3 Å². The lowest BCUT2D eigenvalue weighted by molar-refractivity contribution is 0.168. The molecule has 0 saturated carbocycles. The molecule has 7 nitrogen and oxygen atoms in total. The van der Waals surface area contributed by atoms with Gasteiger partial charge in [0.2, 0.25) is 0 Å². The Morgan fingerprint density at radius 3 is 2.38 bits per heavy atom. The number of ether oxygens (including phenoxy) is 2. The number of nitrogens with one attached hydrogen (secondary N) is 2. The van der Waals surface area contributed by atoms with Gasteiger partial charge >= 0.3 is 6.09 Å². The van der Waals surface area contributed by atoms with Crippen LogP contribution in [-0.2, 0) is 14.8 Å². The predicted octanol–water partition coefficient (Wildman–Crippen LogP) is 3.34. The zero-order valence-electron chi connectivity index (χ0n) is 13.9. The molecule has 0 aromatic heterocycles. The molecule has 0 unspecified atom stereocenters. The van der Waals surface area contributed by atoms with Crippen LogP contribution in [0.1, 0.15) is 6.92 Å². The summed E-state index contributed by atoms with van der Waals surface area (Å²) in [5.74, 6) is -1.95. The largest absolute Gasteiger partial charge is 0.495 e. The molecule has 1 amide bonds. The lowest BCUT2D eigenvalue weighted by atomic mass is 10.3. The molecular formula is C16H16F2N2O5S. The summed E-state index contributed by atoms with van der Waals surface area (Å²) in [5.41, 5.74) is -0.786. The van der Waals surface area contributed by atoms with E-state index in [-0.39, 0.29) is 22.9 Å². The number of sulfonamides is 1. The number of benzene rings is 2. The van der Waals surface area contributed by atoms with Crippen LogP contribution in [0.4, 0.5) is 25.0 Å². The minimum absolute atomic E-state index is 0.0165. The van der Waals surface area contributed by atoms with Gasteiger partial charge in [-0.3, -0.25) is 10.0 Å². The van der Waals surface area contributed by atoms with Crippen LogP contribution in [0.5, 0.6) is 5.75 Å². The van der Waals surface area contributed by atoms with Crippen molar-refractivity contribution in [3.05, 3.63) is 48.0 Å². The van der Waals surface area contributed by atoms with Crippen LogP contribution in [-0.4, -0.2) is 28.2 Å². The number of hydrogen-bond donors (Lipinski definition) is 2. The molecule has 0 fully saturated rings. The Morgan fingerprint density at radius 2 is 1.81 bits per heavy atom. The maximum atomic E-state index is 13.7. The number of hydrogen-bond acceptors (Lipinski definition) is 5. The third kappa shape index (κ3) is 4.39. The van der Waals surface area contributed by atoms with Gasteiger partial charge in [0.05, 0.1) is 24.3 Å². The number of halogens is 2. The highest BCUT2D eigenvalue weighted by molar-refractivity contribution is 7.92. The number of amides is 1. The van der Waals surface area contributed by atoms with Crippen molar-refractivity contribution in [2.24, 2.45) is 0 Å². The summed E-state index contributed by atoms with van der Waals surface area (Å²) in [7, 11) is -3.01. The number of carbonyl (C=O) groups excluding carboxylic acids is 1. The quantitative estimate of drug-likeness (QED) is 0.794. The van der Waals surface area contributed by atoms with E-state index in [4.69, 9.17) is 9.47 Å². The Hall–Kier alpha value is -2.88. The van der Waals surface area contributed by atoms with Gasteiger partial charge in [-0.25, -0.2) is 22.0 Å². The summed E-state index contributed by atoms with van der Waals surface area (Å²) in [5, 5.41) is 2.33. The van der Waals surface area contributed by atoms with E-state index in [1.165, 1.54) is 13.2 Å². The molecule has 140 valence electrons. The topological polar surface area (TPSA) is 93.7 Å². The predicted molar refractivity (Wildman–Crippen MR) is 90.8 cm³/mol. The monoisotopic (exact) mass is 386 g/mol. The normalized spacial score (nSPS) is 10.9. The minimum Gasteiger partial charge on any atom is -0.495 e. The molecule has 0 radical (unpaired) electrons. The van der Waals surface area contributed by atoms with Crippen LogP contribution in [0, 0.1) is 11.6 Å². The summed E-state index contributed by atoms with van der Waals surface area (Å²) in [6, 6.07) is 6.48. The van der Waals surface area contributed by atoms with Gasteiger partial charge in [-0.15, -0.1) is 0 Å². The van der Waals surface area contributed by atoms with Crippen molar-refractivity contribution < 1.29 is 31.5 Å². The van der Waals surface area contributed by atoms with Gasteiger partial charge in [0.1, 0.15) is 23.1 Å². The number of methoxy groups -OCH3 is 1. The summed E-state index contributed by atoms with van der Waals surface area (Å²) < 4.78 is 63.9. The molecule has 2 rings (SSSR count). The Balaban J connectivity index is 2.39. The van der Waals surface area contributed by atoms with E-state index in [2.05, 4.69) is 5.32 Å². The van der Waals surface area contributed by atoms with Crippen LogP contribution >= 0.6 is 0 Å². The molecule has 2 aromatic carbocycles. The third-order valence-electron chi connectivity index (χ3n) is 3.19. The molecule has 0 aliphatic heterocycles. The molecular weight excluding hydrogens is 370 g/mol. The summed E-state index contributed by atoms with van der Waals surface area (Å²) in [6.45, 7) is 1.71. The Kier molecular flexibility index (Phi) is 5.98. The van der Waals surface area contributed by atoms with Crippen molar-refractivity contribution in [2.45, 2.75) is 11.8 Å².